The first kappa shape index (κ1) is 16.7. The second kappa shape index (κ2) is 7.07. The molecule has 8 heteroatoms. The topological polar surface area (TPSA) is 54.2 Å². The predicted molar refractivity (Wildman–Crippen MR) is 87.9 cm³/mol. The summed E-state index contributed by atoms with van der Waals surface area (Å²) in [6, 6.07) is 5.69. The number of benzene rings is 1. The smallest absolute Gasteiger partial charge is 0.259 e. The van der Waals surface area contributed by atoms with E-state index in [4.69, 9.17) is 16.1 Å². The Labute approximate surface area is 142 Å². The molecule has 2 heterocycles. The maximum atomic E-state index is 6.18. The predicted octanol–water partition coefficient (Wildman–Crippen LogP) is 3.15. The van der Waals surface area contributed by atoms with E-state index in [1.54, 1.807) is 6.07 Å². The van der Waals surface area contributed by atoms with E-state index < -0.39 is 0 Å². The third-order valence-corrected chi connectivity index (χ3v) is 4.23. The molecule has 0 spiro atoms. The summed E-state index contributed by atoms with van der Waals surface area (Å²) >= 11 is 9.60. The van der Waals surface area contributed by atoms with Crippen molar-refractivity contribution in [1.82, 2.24) is 20.4 Å². The maximum Gasteiger partial charge on any atom is 0.259 e. The molecule has 0 amide bonds. The van der Waals surface area contributed by atoms with Gasteiger partial charge in [0.05, 0.1) is 16.6 Å². The molecule has 1 aromatic heterocycles. The maximum absolute atomic E-state index is 6.18. The molecular formula is C13H15BrCl2N4O. The lowest BCUT2D eigenvalue weighted by Gasteiger charge is -2.30. The van der Waals surface area contributed by atoms with Crippen LogP contribution in [0.1, 0.15) is 11.9 Å². The van der Waals surface area contributed by atoms with Crippen LogP contribution in [0.3, 0.4) is 0 Å². The molecular weight excluding hydrogens is 379 g/mol. The Bertz CT molecular complexity index is 622. The van der Waals surface area contributed by atoms with Gasteiger partial charge < -0.3 is 9.84 Å². The Morgan fingerprint density at radius 1 is 1.48 bits per heavy atom. The number of hydrogen-bond acceptors (Lipinski definition) is 5. The molecule has 1 aromatic carbocycles. The van der Waals surface area contributed by atoms with Crippen molar-refractivity contribution in [1.29, 1.82) is 0 Å². The molecule has 1 aliphatic heterocycles. The van der Waals surface area contributed by atoms with Gasteiger partial charge in [-0.3, -0.25) is 4.90 Å². The number of nitrogens with one attached hydrogen (secondary N) is 1. The number of rotatable bonds is 2. The molecule has 1 unspecified atom stereocenters. The number of hydrogen-bond donors (Lipinski definition) is 1. The Balaban J connectivity index is 0.00000161. The van der Waals surface area contributed by atoms with Crippen molar-refractivity contribution in [2.24, 2.45) is 0 Å². The fourth-order valence-electron chi connectivity index (χ4n) is 2.24. The van der Waals surface area contributed by atoms with Crippen LogP contribution in [0.5, 0.6) is 0 Å². The van der Waals surface area contributed by atoms with Crippen molar-refractivity contribution >= 4 is 39.9 Å². The molecule has 1 saturated heterocycles. The molecule has 0 bridgehead atoms. The van der Waals surface area contributed by atoms with Crippen LogP contribution in [0.2, 0.25) is 5.02 Å². The molecule has 5 nitrogen and oxygen atoms in total. The highest BCUT2D eigenvalue weighted by molar-refractivity contribution is 9.10. The van der Waals surface area contributed by atoms with Crippen LogP contribution >= 0.6 is 39.9 Å². The molecule has 1 aliphatic rings. The van der Waals surface area contributed by atoms with Crippen LogP contribution < -0.4 is 5.32 Å². The van der Waals surface area contributed by atoms with Crippen LogP contribution in [0.4, 0.5) is 0 Å². The highest BCUT2D eigenvalue weighted by atomic mass is 79.9. The molecule has 2 aromatic rings. The molecule has 1 N–H and O–H groups in total. The van der Waals surface area contributed by atoms with E-state index in [0.29, 0.717) is 16.7 Å². The minimum absolute atomic E-state index is 0. The second-order valence-electron chi connectivity index (χ2n) is 4.78. The molecule has 1 fully saturated rings. The summed E-state index contributed by atoms with van der Waals surface area (Å²) < 4.78 is 6.29. The average Bonchev–Trinajstić information content (AvgIpc) is 2.91. The summed E-state index contributed by atoms with van der Waals surface area (Å²) in [7, 11) is 2.06. The highest BCUT2D eigenvalue weighted by Crippen LogP contribution is 2.30. The molecule has 114 valence electrons. The van der Waals surface area contributed by atoms with Gasteiger partial charge in [-0.25, -0.2) is 0 Å². The molecule has 0 aliphatic carbocycles. The second-order valence-corrected chi connectivity index (χ2v) is 6.11. The SMILES string of the molecule is CN1CCNCC1c1noc(-c2cc(Br)ccc2Cl)n1.Cl. The fourth-order valence-corrected chi connectivity index (χ4v) is 2.79. The van der Waals surface area contributed by atoms with Gasteiger partial charge in [-0.1, -0.05) is 32.7 Å². The van der Waals surface area contributed by atoms with Crippen LogP contribution in [0, 0.1) is 0 Å². The molecule has 1 atom stereocenters. The summed E-state index contributed by atoms with van der Waals surface area (Å²) in [4.78, 5) is 6.71. The van der Waals surface area contributed by atoms with E-state index in [0.717, 1.165) is 29.7 Å². The fraction of sp³-hybridized carbons (Fsp3) is 0.385. The van der Waals surface area contributed by atoms with E-state index in [1.807, 2.05) is 12.1 Å². The highest BCUT2D eigenvalue weighted by Gasteiger charge is 2.25. The summed E-state index contributed by atoms with van der Waals surface area (Å²) in [5.41, 5.74) is 0.742. The van der Waals surface area contributed by atoms with E-state index in [2.05, 4.69) is 43.3 Å². The Morgan fingerprint density at radius 3 is 3.05 bits per heavy atom. The Hall–Kier alpha value is -0.660. The summed E-state index contributed by atoms with van der Waals surface area (Å²) in [5, 5.41) is 8.03. The van der Waals surface area contributed by atoms with Gasteiger partial charge in [-0.2, -0.15) is 4.98 Å². The van der Waals surface area contributed by atoms with Gasteiger partial charge in [0.25, 0.3) is 5.89 Å². The van der Waals surface area contributed by atoms with Crippen LogP contribution in [0.15, 0.2) is 27.2 Å². The van der Waals surface area contributed by atoms with Crippen LogP contribution in [-0.4, -0.2) is 41.7 Å². The first-order valence-corrected chi connectivity index (χ1v) is 7.52. The van der Waals surface area contributed by atoms with Crippen LogP contribution in [0.25, 0.3) is 11.5 Å². The van der Waals surface area contributed by atoms with E-state index >= 15 is 0 Å². The number of likely N-dealkylation sites (N-methyl/N-ethyl adjacent to an activating group) is 1. The monoisotopic (exact) mass is 392 g/mol. The van der Waals surface area contributed by atoms with Gasteiger partial charge in [-0.05, 0) is 25.2 Å². The number of nitrogens with zero attached hydrogens (tertiary/aromatic N) is 3. The third-order valence-electron chi connectivity index (χ3n) is 3.41. The summed E-state index contributed by atoms with van der Waals surface area (Å²) in [6.07, 6.45) is 0. The molecule has 21 heavy (non-hydrogen) atoms. The number of halogens is 3. The van der Waals surface area contributed by atoms with Crippen molar-refractivity contribution in [3.05, 3.63) is 33.5 Å². The van der Waals surface area contributed by atoms with Gasteiger partial charge >= 0.3 is 0 Å². The standard InChI is InChI=1S/C13H14BrClN4O.ClH/c1-19-5-4-16-7-11(19)12-17-13(20-18-12)9-6-8(14)2-3-10(9)15;/h2-3,6,11,16H,4-5,7H2,1H3;1H. The third kappa shape index (κ3) is 3.57. The zero-order valence-corrected chi connectivity index (χ0v) is 14.5. The minimum Gasteiger partial charge on any atom is -0.334 e. The zero-order valence-electron chi connectivity index (χ0n) is 11.3. The molecule has 3 rings (SSSR count). The van der Waals surface area contributed by atoms with Crippen molar-refractivity contribution in [3.8, 4) is 11.5 Å². The van der Waals surface area contributed by atoms with Gasteiger partial charge in [0.15, 0.2) is 5.82 Å². The first-order valence-electron chi connectivity index (χ1n) is 6.35. The lowest BCUT2D eigenvalue weighted by atomic mass is 10.2. The largest absolute Gasteiger partial charge is 0.334 e. The van der Waals surface area contributed by atoms with Crippen molar-refractivity contribution in [3.63, 3.8) is 0 Å². The van der Waals surface area contributed by atoms with E-state index in [9.17, 15) is 0 Å². The lowest BCUT2D eigenvalue weighted by Crippen LogP contribution is -2.44. The first-order chi connectivity index (χ1) is 9.65. The number of aromatic nitrogens is 2. The van der Waals surface area contributed by atoms with Gasteiger partial charge in [-0.15, -0.1) is 12.4 Å². The summed E-state index contributed by atoms with van der Waals surface area (Å²) in [5.74, 6) is 1.14. The normalized spacial score (nSPS) is 19.3. The lowest BCUT2D eigenvalue weighted by molar-refractivity contribution is 0.190. The van der Waals surface area contributed by atoms with Gasteiger partial charge in [0, 0.05) is 24.1 Å². The van der Waals surface area contributed by atoms with Crippen molar-refractivity contribution in [2.45, 2.75) is 6.04 Å². The Morgan fingerprint density at radius 2 is 2.29 bits per heavy atom. The number of piperazine rings is 1. The van der Waals surface area contributed by atoms with Crippen molar-refractivity contribution < 1.29 is 4.52 Å². The summed E-state index contributed by atoms with van der Waals surface area (Å²) in [6.45, 7) is 2.77. The average molecular weight is 394 g/mol. The molecule has 0 saturated carbocycles. The Kier molecular flexibility index (Phi) is 5.62. The zero-order chi connectivity index (χ0) is 14.1. The quantitative estimate of drug-likeness (QED) is 0.849. The van der Waals surface area contributed by atoms with Gasteiger partial charge in [0.1, 0.15) is 0 Å². The van der Waals surface area contributed by atoms with E-state index in [1.165, 1.54) is 0 Å². The van der Waals surface area contributed by atoms with Crippen LogP contribution in [-0.2, 0) is 0 Å². The molecule has 0 radical (unpaired) electrons. The van der Waals surface area contributed by atoms with Crippen molar-refractivity contribution in [2.75, 3.05) is 26.7 Å². The van der Waals surface area contributed by atoms with Gasteiger partial charge in [0.2, 0.25) is 0 Å². The minimum atomic E-state index is 0. The van der Waals surface area contributed by atoms with E-state index in [-0.39, 0.29) is 18.4 Å².